The van der Waals surface area contributed by atoms with Gasteiger partial charge in [-0.05, 0) is 30.7 Å². The molecule has 0 saturated carbocycles. The molecule has 1 unspecified atom stereocenters. The normalized spacial score (nSPS) is 13.1. The molecule has 6 heteroatoms. The van der Waals surface area contributed by atoms with Crippen LogP contribution in [0.5, 0.6) is 23.0 Å². The Bertz CT molecular complexity index is 693. The van der Waals surface area contributed by atoms with Crippen LogP contribution in [0.15, 0.2) is 36.4 Å². The van der Waals surface area contributed by atoms with Crippen LogP contribution in [0.2, 0.25) is 0 Å². The predicted octanol–water partition coefficient (Wildman–Crippen LogP) is 3.71. The Kier molecular flexibility index (Phi) is 6.17. The van der Waals surface area contributed by atoms with Gasteiger partial charge in [-0.3, -0.25) is 0 Å². The van der Waals surface area contributed by atoms with Gasteiger partial charge < -0.3 is 24.3 Å². The molecule has 0 radical (unpaired) electrons. The molecule has 130 valence electrons. The number of fused-ring (bicyclic) bond motifs is 1. The number of nitrogens with one attached hydrogen (secondary N) is 1. The summed E-state index contributed by atoms with van der Waals surface area (Å²) >= 11 is 0. The fourth-order valence-corrected chi connectivity index (χ4v) is 2.69. The number of halogens is 1. The summed E-state index contributed by atoms with van der Waals surface area (Å²) in [5.41, 5.74) is 2.20. The van der Waals surface area contributed by atoms with Gasteiger partial charge in [-0.25, -0.2) is 0 Å². The van der Waals surface area contributed by atoms with Gasteiger partial charge in [0, 0.05) is 18.2 Å². The Morgan fingerprint density at radius 1 is 1.08 bits per heavy atom. The lowest BCUT2D eigenvalue weighted by molar-refractivity contribution is 0.171. The second-order valence-corrected chi connectivity index (χ2v) is 5.38. The first-order valence-electron chi connectivity index (χ1n) is 7.55. The molecule has 0 spiro atoms. The summed E-state index contributed by atoms with van der Waals surface area (Å²) in [6, 6.07) is 12.1. The Morgan fingerprint density at radius 2 is 1.83 bits per heavy atom. The number of methoxy groups -OCH3 is 2. The van der Waals surface area contributed by atoms with Crippen LogP contribution in [0.25, 0.3) is 0 Å². The number of ether oxygens (including phenoxy) is 4. The zero-order valence-electron chi connectivity index (χ0n) is 14.0. The van der Waals surface area contributed by atoms with E-state index >= 15 is 0 Å². The van der Waals surface area contributed by atoms with Crippen molar-refractivity contribution in [3.05, 3.63) is 47.5 Å². The molecular formula is C18H22ClNO4. The van der Waals surface area contributed by atoms with Gasteiger partial charge in [-0.1, -0.05) is 18.2 Å². The minimum Gasteiger partial charge on any atom is -0.496 e. The first-order chi connectivity index (χ1) is 11.2. The Hall–Kier alpha value is -2.11. The van der Waals surface area contributed by atoms with Crippen LogP contribution < -0.4 is 24.3 Å². The first kappa shape index (κ1) is 18.2. The smallest absolute Gasteiger partial charge is 0.231 e. The summed E-state index contributed by atoms with van der Waals surface area (Å²) in [4.78, 5) is 0. The van der Waals surface area contributed by atoms with Gasteiger partial charge in [0.2, 0.25) is 12.5 Å². The zero-order valence-corrected chi connectivity index (χ0v) is 14.8. The fourth-order valence-electron chi connectivity index (χ4n) is 2.69. The van der Waals surface area contributed by atoms with Crippen molar-refractivity contribution in [2.75, 3.05) is 21.0 Å². The van der Waals surface area contributed by atoms with E-state index in [0.717, 1.165) is 22.6 Å². The predicted molar refractivity (Wildman–Crippen MR) is 94.6 cm³/mol. The molecule has 2 aromatic rings. The molecule has 0 aromatic heterocycles. The standard InChI is InChI=1S/C18H21NO4.ClH/c1-12(14-6-4-5-7-15(14)20-2)19-10-13-8-16(21-3)18-17(9-13)22-11-23-18;/h4-9,12,19H,10-11H2,1-3H3;1H. The molecule has 0 fully saturated rings. The summed E-state index contributed by atoms with van der Waals surface area (Å²) in [6.07, 6.45) is 0. The highest BCUT2D eigenvalue weighted by Gasteiger charge is 2.20. The van der Waals surface area contributed by atoms with E-state index in [1.807, 2.05) is 30.3 Å². The molecule has 24 heavy (non-hydrogen) atoms. The maximum atomic E-state index is 5.46. The Labute approximate surface area is 148 Å². The Balaban J connectivity index is 0.00000208. The summed E-state index contributed by atoms with van der Waals surface area (Å²) in [5, 5.41) is 3.50. The molecule has 1 aliphatic heterocycles. The van der Waals surface area contributed by atoms with Gasteiger partial charge in [-0.15, -0.1) is 12.4 Å². The largest absolute Gasteiger partial charge is 0.496 e. The molecule has 0 amide bonds. The van der Waals surface area contributed by atoms with E-state index in [9.17, 15) is 0 Å². The minimum absolute atomic E-state index is 0. The van der Waals surface area contributed by atoms with Crippen LogP contribution in [0.4, 0.5) is 0 Å². The third-order valence-corrected chi connectivity index (χ3v) is 3.94. The molecule has 0 bridgehead atoms. The second kappa shape index (κ2) is 8.13. The molecule has 0 saturated heterocycles. The number of para-hydroxylation sites is 1. The Morgan fingerprint density at radius 3 is 2.58 bits per heavy atom. The van der Waals surface area contributed by atoms with E-state index in [1.165, 1.54) is 0 Å². The number of rotatable bonds is 6. The van der Waals surface area contributed by atoms with E-state index in [4.69, 9.17) is 18.9 Å². The average molecular weight is 352 g/mol. The lowest BCUT2D eigenvalue weighted by Gasteiger charge is -2.17. The average Bonchev–Trinajstić information content (AvgIpc) is 3.07. The molecular weight excluding hydrogens is 330 g/mol. The molecule has 1 N–H and O–H groups in total. The van der Waals surface area contributed by atoms with Crippen molar-refractivity contribution in [3.8, 4) is 23.0 Å². The lowest BCUT2D eigenvalue weighted by Crippen LogP contribution is -2.18. The van der Waals surface area contributed by atoms with Crippen LogP contribution in [0.3, 0.4) is 0 Å². The van der Waals surface area contributed by atoms with Crippen LogP contribution >= 0.6 is 12.4 Å². The van der Waals surface area contributed by atoms with Crippen molar-refractivity contribution in [1.29, 1.82) is 0 Å². The molecule has 1 aliphatic rings. The van der Waals surface area contributed by atoms with E-state index in [0.29, 0.717) is 18.0 Å². The number of hydrogen-bond acceptors (Lipinski definition) is 5. The zero-order chi connectivity index (χ0) is 16.2. The highest BCUT2D eigenvalue weighted by atomic mass is 35.5. The van der Waals surface area contributed by atoms with Crippen molar-refractivity contribution >= 4 is 12.4 Å². The third-order valence-electron chi connectivity index (χ3n) is 3.94. The number of hydrogen-bond donors (Lipinski definition) is 1. The quantitative estimate of drug-likeness (QED) is 0.859. The monoisotopic (exact) mass is 351 g/mol. The van der Waals surface area contributed by atoms with Crippen LogP contribution in [0.1, 0.15) is 24.1 Å². The molecule has 1 atom stereocenters. The van der Waals surface area contributed by atoms with Crippen LogP contribution in [0, 0.1) is 0 Å². The van der Waals surface area contributed by atoms with Gasteiger partial charge in [0.1, 0.15) is 5.75 Å². The van der Waals surface area contributed by atoms with Crippen molar-refractivity contribution in [1.82, 2.24) is 5.32 Å². The van der Waals surface area contributed by atoms with Gasteiger partial charge >= 0.3 is 0 Å². The maximum absolute atomic E-state index is 5.46. The molecule has 0 aliphatic carbocycles. The summed E-state index contributed by atoms with van der Waals surface area (Å²) < 4.78 is 21.7. The minimum atomic E-state index is 0. The van der Waals surface area contributed by atoms with Crippen molar-refractivity contribution in [3.63, 3.8) is 0 Å². The van der Waals surface area contributed by atoms with E-state index in [1.54, 1.807) is 14.2 Å². The SMILES string of the molecule is COc1ccccc1C(C)NCc1cc(OC)c2c(c1)OCO2.Cl. The van der Waals surface area contributed by atoms with Gasteiger partial charge in [0.15, 0.2) is 11.5 Å². The highest BCUT2D eigenvalue weighted by molar-refractivity contribution is 5.85. The van der Waals surface area contributed by atoms with E-state index in [2.05, 4.69) is 18.3 Å². The molecule has 3 rings (SSSR count). The van der Waals surface area contributed by atoms with Crippen molar-refractivity contribution in [2.24, 2.45) is 0 Å². The topological polar surface area (TPSA) is 49.0 Å². The third kappa shape index (κ3) is 3.68. The van der Waals surface area contributed by atoms with Gasteiger partial charge in [-0.2, -0.15) is 0 Å². The molecule has 2 aromatic carbocycles. The molecule has 5 nitrogen and oxygen atoms in total. The van der Waals surface area contributed by atoms with Crippen molar-refractivity contribution < 1.29 is 18.9 Å². The van der Waals surface area contributed by atoms with E-state index < -0.39 is 0 Å². The highest BCUT2D eigenvalue weighted by Crippen LogP contribution is 2.41. The van der Waals surface area contributed by atoms with E-state index in [-0.39, 0.29) is 25.2 Å². The van der Waals surface area contributed by atoms with Crippen LogP contribution in [-0.2, 0) is 6.54 Å². The van der Waals surface area contributed by atoms with Gasteiger partial charge in [0.25, 0.3) is 0 Å². The fraction of sp³-hybridized carbons (Fsp3) is 0.333. The maximum Gasteiger partial charge on any atom is 0.231 e. The van der Waals surface area contributed by atoms with Crippen molar-refractivity contribution in [2.45, 2.75) is 19.5 Å². The first-order valence-corrected chi connectivity index (χ1v) is 7.55. The second-order valence-electron chi connectivity index (χ2n) is 5.38. The lowest BCUT2D eigenvalue weighted by atomic mass is 10.1. The summed E-state index contributed by atoms with van der Waals surface area (Å²) in [5.74, 6) is 2.98. The van der Waals surface area contributed by atoms with Crippen LogP contribution in [-0.4, -0.2) is 21.0 Å². The summed E-state index contributed by atoms with van der Waals surface area (Å²) in [7, 11) is 3.32. The molecule has 1 heterocycles. The van der Waals surface area contributed by atoms with Gasteiger partial charge in [0.05, 0.1) is 14.2 Å². The summed E-state index contributed by atoms with van der Waals surface area (Å²) in [6.45, 7) is 3.04. The number of benzene rings is 2.